The van der Waals surface area contributed by atoms with Crippen molar-refractivity contribution in [2.75, 3.05) is 12.3 Å². The molecule has 5 rings (SSSR count). The molecule has 4 N–H and O–H groups in total. The van der Waals surface area contributed by atoms with Crippen molar-refractivity contribution in [1.82, 2.24) is 14.5 Å². The van der Waals surface area contributed by atoms with Gasteiger partial charge in [-0.2, -0.15) is 0 Å². The molecule has 0 amide bonds. The molecule has 2 saturated heterocycles. The van der Waals surface area contributed by atoms with E-state index in [9.17, 15) is 14.8 Å². The number of ether oxygens (including phenoxy) is 1. The van der Waals surface area contributed by atoms with Crippen LogP contribution in [-0.4, -0.2) is 54.8 Å². The van der Waals surface area contributed by atoms with Crippen LogP contribution in [0.4, 0.5) is 5.69 Å². The highest BCUT2D eigenvalue weighted by Gasteiger charge is 2.55. The summed E-state index contributed by atoms with van der Waals surface area (Å²) in [4.78, 5) is 8.51. The average molecular weight is 573 g/mol. The zero-order chi connectivity index (χ0) is 26.8. The number of anilines is 1. The van der Waals surface area contributed by atoms with E-state index in [1.54, 1.807) is 38.1 Å². The van der Waals surface area contributed by atoms with Gasteiger partial charge in [0.1, 0.15) is 23.3 Å². The van der Waals surface area contributed by atoms with Gasteiger partial charge < -0.3 is 20.7 Å². The Bertz CT molecular complexity index is 1360. The molecular weight excluding hydrogens is 546 g/mol. The Morgan fingerprint density at radius 2 is 1.95 bits per heavy atom. The second-order valence-corrected chi connectivity index (χ2v) is 12.4. The fraction of sp³-hybridized carbons (Fsp3) is 0.478. The number of nitrogens with zero attached hydrogens (tertiary/aromatic N) is 3. The standard InChI is InChI=1S/C23H27Cl2N4O7P/c1-22(2)9-16(12-6-13(24)8-14(25)7-12)35-37(32,36-22)33-10-17-19(30)23(3,31)21(34-17)29-11-28-18-15(26)4-5-27-20(18)29/h4-8,11,16-17,19,21,30-31H,9-10H2,1-3H3,(H2,26,27)/t16-,17+,19+,21+,23+,37+/m0/s1. The van der Waals surface area contributed by atoms with Crippen molar-refractivity contribution >= 4 is 47.9 Å². The number of imidazole rings is 1. The predicted molar refractivity (Wildman–Crippen MR) is 136 cm³/mol. The summed E-state index contributed by atoms with van der Waals surface area (Å²) in [6.07, 6.45) is -0.969. The van der Waals surface area contributed by atoms with Gasteiger partial charge in [0.2, 0.25) is 0 Å². The zero-order valence-corrected chi connectivity index (χ0v) is 22.7. The largest absolute Gasteiger partial charge is 0.476 e. The first-order chi connectivity index (χ1) is 17.3. The smallest absolute Gasteiger partial charge is 0.397 e. The topological polar surface area (TPSA) is 151 Å². The van der Waals surface area contributed by atoms with Crippen LogP contribution in [0.15, 0.2) is 36.8 Å². The number of halogens is 2. The van der Waals surface area contributed by atoms with E-state index in [1.165, 1.54) is 24.0 Å². The van der Waals surface area contributed by atoms with E-state index in [0.717, 1.165) is 0 Å². The van der Waals surface area contributed by atoms with Gasteiger partial charge in [-0.3, -0.25) is 18.1 Å². The van der Waals surface area contributed by atoms with Gasteiger partial charge in [-0.05, 0) is 50.6 Å². The Hall–Kier alpha value is -1.79. The summed E-state index contributed by atoms with van der Waals surface area (Å²) < 4.78 is 38.1. The number of pyridine rings is 1. The summed E-state index contributed by atoms with van der Waals surface area (Å²) in [7, 11) is -4.14. The van der Waals surface area contributed by atoms with Crippen LogP contribution in [0.3, 0.4) is 0 Å². The summed E-state index contributed by atoms with van der Waals surface area (Å²) in [6, 6.07) is 6.53. The number of hydrogen-bond donors (Lipinski definition) is 3. The highest BCUT2D eigenvalue weighted by Crippen LogP contribution is 2.62. The maximum Gasteiger partial charge on any atom is 0.476 e. The molecule has 2 aromatic heterocycles. The van der Waals surface area contributed by atoms with Crippen LogP contribution in [-0.2, 0) is 22.9 Å². The van der Waals surface area contributed by atoms with Gasteiger partial charge in [0, 0.05) is 22.7 Å². The molecule has 3 aromatic rings. The van der Waals surface area contributed by atoms with Crippen molar-refractivity contribution < 1.29 is 33.1 Å². The van der Waals surface area contributed by atoms with Crippen molar-refractivity contribution in [3.05, 3.63) is 52.4 Å². The first-order valence-electron chi connectivity index (χ1n) is 11.5. The minimum Gasteiger partial charge on any atom is -0.397 e. The zero-order valence-electron chi connectivity index (χ0n) is 20.2. The third kappa shape index (κ3) is 5.13. The molecule has 0 bridgehead atoms. The van der Waals surface area contributed by atoms with Crippen molar-refractivity contribution in [3.63, 3.8) is 0 Å². The number of phosphoric ester groups is 1. The number of aliphatic hydroxyl groups is 2. The van der Waals surface area contributed by atoms with Crippen LogP contribution in [0.25, 0.3) is 11.2 Å². The Kier molecular flexibility index (Phi) is 6.84. The van der Waals surface area contributed by atoms with Gasteiger partial charge in [-0.1, -0.05) is 23.2 Å². The van der Waals surface area contributed by atoms with Crippen molar-refractivity contribution in [1.29, 1.82) is 0 Å². The van der Waals surface area contributed by atoms with Crippen molar-refractivity contribution in [2.24, 2.45) is 0 Å². The lowest BCUT2D eigenvalue weighted by atomic mass is 9.96. The molecule has 200 valence electrons. The monoisotopic (exact) mass is 572 g/mol. The van der Waals surface area contributed by atoms with Crippen LogP contribution < -0.4 is 5.73 Å². The summed E-state index contributed by atoms with van der Waals surface area (Å²) in [5.41, 5.74) is 5.15. The molecule has 0 saturated carbocycles. The van der Waals surface area contributed by atoms with Crippen LogP contribution in [0.5, 0.6) is 0 Å². The highest BCUT2D eigenvalue weighted by atomic mass is 35.5. The first-order valence-corrected chi connectivity index (χ1v) is 13.7. The van der Waals surface area contributed by atoms with Crippen LogP contribution >= 0.6 is 31.0 Å². The molecule has 37 heavy (non-hydrogen) atoms. The van der Waals surface area contributed by atoms with Crippen molar-refractivity contribution in [3.8, 4) is 0 Å². The lowest BCUT2D eigenvalue weighted by molar-refractivity contribution is -0.0967. The molecule has 4 heterocycles. The van der Waals surface area contributed by atoms with E-state index in [0.29, 0.717) is 38.9 Å². The molecule has 11 nitrogen and oxygen atoms in total. The normalized spacial score (nSPS) is 33.7. The minimum atomic E-state index is -4.14. The molecule has 2 aliphatic rings. The minimum absolute atomic E-state index is 0.361. The molecule has 6 atom stereocenters. The molecular formula is C23H27Cl2N4O7P. The van der Waals surface area contributed by atoms with Gasteiger partial charge in [0.15, 0.2) is 11.9 Å². The first kappa shape index (κ1) is 26.8. The summed E-state index contributed by atoms with van der Waals surface area (Å²) >= 11 is 12.3. The van der Waals surface area contributed by atoms with Crippen LogP contribution in [0, 0.1) is 0 Å². The lowest BCUT2D eigenvalue weighted by Gasteiger charge is -2.39. The number of rotatable bonds is 5. The van der Waals surface area contributed by atoms with Gasteiger partial charge in [-0.15, -0.1) is 0 Å². The fourth-order valence-electron chi connectivity index (χ4n) is 4.66. The Morgan fingerprint density at radius 1 is 1.24 bits per heavy atom. The summed E-state index contributed by atoms with van der Waals surface area (Å²) in [5, 5.41) is 22.8. The van der Waals surface area contributed by atoms with Crippen LogP contribution in [0.2, 0.25) is 10.0 Å². The van der Waals surface area contributed by atoms with Gasteiger partial charge >= 0.3 is 7.82 Å². The Balaban J connectivity index is 1.35. The van der Waals surface area contributed by atoms with E-state index in [2.05, 4.69) is 9.97 Å². The maximum absolute atomic E-state index is 13.6. The molecule has 0 aliphatic carbocycles. The van der Waals surface area contributed by atoms with Gasteiger partial charge in [0.25, 0.3) is 0 Å². The number of aliphatic hydroxyl groups excluding tert-OH is 1. The molecule has 0 unspecified atom stereocenters. The number of nitrogens with two attached hydrogens (primary N) is 1. The SMILES string of the molecule is CC1(C)C[C@@H](c2cc(Cl)cc(Cl)c2)O[P@@](=O)(OC[C@H]2O[C@@H](n3cnc4c(N)ccnc43)[C@](C)(O)[C@@H]2O)O1. The highest BCUT2D eigenvalue weighted by molar-refractivity contribution is 7.48. The fourth-order valence-corrected chi connectivity index (χ4v) is 6.88. The Labute approximate surface area is 223 Å². The molecule has 2 fully saturated rings. The number of hydrogen-bond acceptors (Lipinski definition) is 10. The van der Waals surface area contributed by atoms with Crippen molar-refractivity contribution in [2.45, 2.75) is 62.9 Å². The number of aromatic nitrogens is 3. The number of fused-ring (bicyclic) bond motifs is 1. The second kappa shape index (κ2) is 9.44. The van der Waals surface area contributed by atoms with E-state index >= 15 is 0 Å². The maximum atomic E-state index is 13.6. The predicted octanol–water partition coefficient (Wildman–Crippen LogP) is 4.41. The van der Waals surface area contributed by atoms with Gasteiger partial charge in [-0.25, -0.2) is 14.5 Å². The van der Waals surface area contributed by atoms with E-state index < -0.39 is 50.2 Å². The number of phosphoric acid groups is 1. The molecule has 2 aliphatic heterocycles. The second-order valence-electron chi connectivity index (χ2n) is 10.0. The van der Waals surface area contributed by atoms with E-state index in [-0.39, 0.29) is 0 Å². The number of benzene rings is 1. The van der Waals surface area contributed by atoms with Gasteiger partial charge in [0.05, 0.1) is 30.3 Å². The third-order valence-corrected chi connectivity index (χ3v) is 8.58. The summed E-state index contributed by atoms with van der Waals surface area (Å²) in [6.45, 7) is 4.54. The van der Waals surface area contributed by atoms with Crippen LogP contribution in [0.1, 0.15) is 45.1 Å². The van der Waals surface area contributed by atoms with E-state index in [4.69, 9.17) is 47.2 Å². The quantitative estimate of drug-likeness (QED) is 0.375. The average Bonchev–Trinajstić information content (AvgIpc) is 3.30. The molecule has 1 aromatic carbocycles. The number of nitrogen functional groups attached to an aromatic ring is 1. The third-order valence-electron chi connectivity index (χ3n) is 6.45. The molecule has 0 radical (unpaired) electrons. The Morgan fingerprint density at radius 3 is 2.65 bits per heavy atom. The molecule has 14 heteroatoms. The van der Waals surface area contributed by atoms with E-state index in [1.807, 2.05) is 0 Å². The molecule has 0 spiro atoms. The summed E-state index contributed by atoms with van der Waals surface area (Å²) in [5.74, 6) is 0. The lowest BCUT2D eigenvalue weighted by Crippen LogP contribution is -2.44.